The van der Waals surface area contributed by atoms with E-state index in [2.05, 4.69) is 4.98 Å². The van der Waals surface area contributed by atoms with Gasteiger partial charge in [0.25, 0.3) is 0 Å². The number of aromatic carboxylic acids is 1. The molecule has 0 unspecified atom stereocenters. The second-order valence-corrected chi connectivity index (χ2v) is 2.53. The fourth-order valence-corrected chi connectivity index (χ4v) is 1.06. The first-order chi connectivity index (χ1) is 6.16. The first-order valence-corrected chi connectivity index (χ1v) is 3.52. The summed E-state index contributed by atoms with van der Waals surface area (Å²) in [6.45, 7) is 0. The predicted octanol–water partition coefficient (Wildman–Crippen LogP) is -3.16. The molecule has 0 aliphatic rings. The molecule has 2 aromatic rings. The molecule has 0 bridgehead atoms. The molecule has 0 radical (unpaired) electrons. The number of aromatic nitrogens is 2. The topological polar surface area (TPSA) is 57.4 Å². The third-order valence-corrected chi connectivity index (χ3v) is 1.62. The molecule has 2 heterocycles. The van der Waals surface area contributed by atoms with Crippen LogP contribution in [0.1, 0.15) is 10.5 Å². The molecule has 0 aromatic carbocycles. The van der Waals surface area contributed by atoms with E-state index in [0.717, 1.165) is 6.20 Å². The fraction of sp³-hybridized carbons (Fsp3) is 0. The molecule has 0 aliphatic carbocycles. The summed E-state index contributed by atoms with van der Waals surface area (Å²) in [7, 11) is 0. The van der Waals surface area contributed by atoms with Crippen LogP contribution in [0.5, 0.6) is 0 Å². The minimum absolute atomic E-state index is 0. The van der Waals surface area contributed by atoms with E-state index in [9.17, 15) is 14.3 Å². The number of carboxylic acid groups (broad SMARTS) is 1. The Balaban J connectivity index is 0.000000980. The number of pyridine rings is 1. The SMILES string of the molecule is O=C([O-])c1cn2cc(F)ccc2n1.[Li+]. The van der Waals surface area contributed by atoms with Gasteiger partial charge in [0.2, 0.25) is 0 Å². The van der Waals surface area contributed by atoms with E-state index >= 15 is 0 Å². The van der Waals surface area contributed by atoms with Crippen molar-refractivity contribution in [1.29, 1.82) is 0 Å². The molecule has 0 spiro atoms. The van der Waals surface area contributed by atoms with Gasteiger partial charge in [0.05, 0.1) is 5.97 Å². The molecule has 4 nitrogen and oxygen atoms in total. The van der Waals surface area contributed by atoms with Crippen LogP contribution >= 0.6 is 0 Å². The molecule has 6 heteroatoms. The molecule has 0 saturated heterocycles. The van der Waals surface area contributed by atoms with Gasteiger partial charge in [-0.1, -0.05) is 0 Å². The third kappa shape index (κ3) is 1.79. The van der Waals surface area contributed by atoms with Crippen LogP contribution in [-0.4, -0.2) is 15.4 Å². The van der Waals surface area contributed by atoms with E-state index in [0.29, 0.717) is 5.65 Å². The Kier molecular flexibility index (Phi) is 2.94. The van der Waals surface area contributed by atoms with Crippen molar-refractivity contribution in [3.05, 3.63) is 36.0 Å². The van der Waals surface area contributed by atoms with Gasteiger partial charge in [0.1, 0.15) is 17.2 Å². The molecule has 0 fully saturated rings. The van der Waals surface area contributed by atoms with Crippen LogP contribution in [0.2, 0.25) is 0 Å². The van der Waals surface area contributed by atoms with Crippen LogP contribution in [0.4, 0.5) is 4.39 Å². The summed E-state index contributed by atoms with van der Waals surface area (Å²) in [6.07, 6.45) is 2.35. The average Bonchev–Trinajstić information content (AvgIpc) is 2.46. The van der Waals surface area contributed by atoms with Crippen LogP contribution < -0.4 is 24.0 Å². The third-order valence-electron chi connectivity index (χ3n) is 1.62. The van der Waals surface area contributed by atoms with Crippen LogP contribution in [0.3, 0.4) is 0 Å². The molecule has 0 amide bonds. The molecule has 0 N–H and O–H groups in total. The molecule has 2 aromatic heterocycles. The van der Waals surface area contributed by atoms with Gasteiger partial charge in [-0.15, -0.1) is 0 Å². The maximum absolute atomic E-state index is 12.6. The molecule has 14 heavy (non-hydrogen) atoms. The zero-order valence-corrected chi connectivity index (χ0v) is 7.40. The van der Waals surface area contributed by atoms with Crippen LogP contribution in [0.15, 0.2) is 24.5 Å². The molecule has 0 saturated carbocycles. The van der Waals surface area contributed by atoms with Gasteiger partial charge in [-0.2, -0.15) is 0 Å². The van der Waals surface area contributed by atoms with Crippen molar-refractivity contribution >= 4 is 11.6 Å². The van der Waals surface area contributed by atoms with Crippen molar-refractivity contribution in [2.24, 2.45) is 0 Å². The number of carbonyl (C=O) groups excluding carboxylic acids is 1. The minimum atomic E-state index is -1.37. The summed E-state index contributed by atoms with van der Waals surface area (Å²) in [6, 6.07) is 2.60. The van der Waals surface area contributed by atoms with Gasteiger partial charge in [-0.3, -0.25) is 0 Å². The molecular formula is C8H4FLiN2O2. The van der Waals surface area contributed by atoms with Gasteiger partial charge >= 0.3 is 18.9 Å². The zero-order valence-electron chi connectivity index (χ0n) is 7.40. The molecule has 2 rings (SSSR count). The van der Waals surface area contributed by atoms with Gasteiger partial charge in [0.15, 0.2) is 0 Å². The number of rotatable bonds is 1. The van der Waals surface area contributed by atoms with Crippen molar-refractivity contribution in [1.82, 2.24) is 9.38 Å². The molecule has 0 atom stereocenters. The Bertz CT molecular complexity index is 483. The minimum Gasteiger partial charge on any atom is -0.543 e. The van der Waals surface area contributed by atoms with Gasteiger partial charge in [-0.05, 0) is 12.1 Å². The quantitative estimate of drug-likeness (QED) is 0.442. The smallest absolute Gasteiger partial charge is 0.543 e. The van der Waals surface area contributed by atoms with E-state index < -0.39 is 11.8 Å². The van der Waals surface area contributed by atoms with E-state index in [4.69, 9.17) is 0 Å². The number of carbonyl (C=O) groups is 1. The maximum Gasteiger partial charge on any atom is 1.00 e. The number of carboxylic acids is 1. The van der Waals surface area contributed by atoms with Gasteiger partial charge < -0.3 is 14.3 Å². The first-order valence-electron chi connectivity index (χ1n) is 3.52. The number of hydrogen-bond acceptors (Lipinski definition) is 3. The largest absolute Gasteiger partial charge is 1.00 e. The second kappa shape index (κ2) is 3.82. The zero-order chi connectivity index (χ0) is 9.42. The van der Waals surface area contributed by atoms with Gasteiger partial charge in [0, 0.05) is 12.4 Å². The Labute approximate surface area is 90.6 Å². The molecule has 0 aliphatic heterocycles. The Morgan fingerprint density at radius 2 is 2.14 bits per heavy atom. The second-order valence-electron chi connectivity index (χ2n) is 2.53. The Morgan fingerprint density at radius 3 is 2.79 bits per heavy atom. The van der Waals surface area contributed by atoms with Gasteiger partial charge in [-0.25, -0.2) is 9.37 Å². The summed E-state index contributed by atoms with van der Waals surface area (Å²) in [5, 5.41) is 10.4. The van der Waals surface area contributed by atoms with Crippen molar-refractivity contribution in [2.45, 2.75) is 0 Å². The summed E-state index contributed by atoms with van der Waals surface area (Å²) in [5.74, 6) is -1.82. The number of halogens is 1. The number of hydrogen-bond donors (Lipinski definition) is 0. The maximum atomic E-state index is 12.6. The standard InChI is InChI=1S/C8H5FN2O2.Li/c9-5-1-2-7-10-6(8(12)13)4-11(7)3-5;/h1-4H,(H,12,13);/q;+1/p-1. The molecular weight excluding hydrogens is 182 g/mol. The van der Waals surface area contributed by atoms with Crippen molar-refractivity contribution in [3.63, 3.8) is 0 Å². The predicted molar refractivity (Wildman–Crippen MR) is 39.5 cm³/mol. The van der Waals surface area contributed by atoms with Crippen molar-refractivity contribution < 1.29 is 33.2 Å². The van der Waals surface area contributed by atoms with Crippen molar-refractivity contribution in [2.75, 3.05) is 0 Å². The molecule has 66 valence electrons. The van der Waals surface area contributed by atoms with E-state index in [1.54, 1.807) is 0 Å². The number of nitrogens with zero attached hydrogens (tertiary/aromatic N) is 2. The van der Waals surface area contributed by atoms with Crippen LogP contribution in [0.25, 0.3) is 5.65 Å². The monoisotopic (exact) mass is 186 g/mol. The average molecular weight is 186 g/mol. The Hall–Kier alpha value is -1.31. The first kappa shape index (κ1) is 10.8. The van der Waals surface area contributed by atoms with Crippen molar-refractivity contribution in [3.8, 4) is 0 Å². The van der Waals surface area contributed by atoms with E-state index in [1.807, 2.05) is 0 Å². The summed E-state index contributed by atoms with van der Waals surface area (Å²) in [4.78, 5) is 14.1. The Morgan fingerprint density at radius 1 is 1.43 bits per heavy atom. The number of imidazole rings is 1. The fourth-order valence-electron chi connectivity index (χ4n) is 1.06. The summed E-state index contributed by atoms with van der Waals surface area (Å²) < 4.78 is 13.9. The normalized spacial score (nSPS) is 9.79. The van der Waals surface area contributed by atoms with Crippen LogP contribution in [-0.2, 0) is 0 Å². The van der Waals surface area contributed by atoms with E-state index in [-0.39, 0.29) is 24.6 Å². The number of fused-ring (bicyclic) bond motifs is 1. The summed E-state index contributed by atoms with van der Waals surface area (Å²) in [5.41, 5.74) is 0.172. The van der Waals surface area contributed by atoms with Crippen LogP contribution in [0, 0.1) is 5.82 Å². The van der Waals surface area contributed by atoms with E-state index in [1.165, 1.54) is 22.7 Å². The summed E-state index contributed by atoms with van der Waals surface area (Å²) >= 11 is 0.